The van der Waals surface area contributed by atoms with Gasteiger partial charge in [-0.15, -0.1) is 0 Å². The Balaban J connectivity index is 2.93. The van der Waals surface area contributed by atoms with E-state index in [9.17, 15) is 9.18 Å². The lowest BCUT2D eigenvalue weighted by atomic mass is 10.1. The molecule has 0 bridgehead atoms. The third-order valence-corrected chi connectivity index (χ3v) is 3.50. The van der Waals surface area contributed by atoms with Crippen molar-refractivity contribution in [3.63, 3.8) is 0 Å². The third kappa shape index (κ3) is 5.36. The maximum Gasteiger partial charge on any atom is 0.328 e. The molecule has 1 rings (SSSR count). The van der Waals surface area contributed by atoms with Crippen molar-refractivity contribution in [2.75, 3.05) is 0 Å². The number of rotatable bonds is 4. The molecule has 1 aromatic rings. The van der Waals surface area contributed by atoms with Crippen LogP contribution in [-0.4, -0.2) is 15.8 Å². The first-order valence-electron chi connectivity index (χ1n) is 5.61. The molecule has 0 aliphatic carbocycles. The minimum atomic E-state index is -1.03. The first-order valence-corrected chi connectivity index (χ1v) is 6.60. The second-order valence-electron chi connectivity index (χ2n) is 4.92. The lowest BCUT2D eigenvalue weighted by Crippen LogP contribution is -2.07. The summed E-state index contributed by atoms with van der Waals surface area (Å²) in [5.74, 6) is -0.665. The van der Waals surface area contributed by atoms with E-state index >= 15 is 0 Å². The molecule has 0 spiro atoms. The second-order valence-corrected chi connectivity index (χ2v) is 6.72. The molecule has 98 valence electrons. The van der Waals surface area contributed by atoms with E-state index in [4.69, 9.17) is 5.11 Å². The molecule has 0 unspecified atom stereocenters. The molecule has 0 saturated carbocycles. The first-order chi connectivity index (χ1) is 8.28. The quantitative estimate of drug-likeness (QED) is 0.840. The van der Waals surface area contributed by atoms with Gasteiger partial charge in [-0.2, -0.15) is 11.8 Å². The zero-order valence-electron chi connectivity index (χ0n) is 10.7. The molecular weight excluding hydrogens is 251 g/mol. The lowest BCUT2D eigenvalue weighted by molar-refractivity contribution is -0.131. The molecule has 0 radical (unpaired) electrons. The summed E-state index contributed by atoms with van der Waals surface area (Å²) in [7, 11) is 0. The minimum absolute atomic E-state index is 0.113. The summed E-state index contributed by atoms with van der Waals surface area (Å²) in [6.07, 6.45) is 2.46. The van der Waals surface area contributed by atoms with Gasteiger partial charge in [-0.3, -0.25) is 0 Å². The van der Waals surface area contributed by atoms with Crippen molar-refractivity contribution in [3.05, 3.63) is 41.2 Å². The molecule has 0 aliphatic heterocycles. The Morgan fingerprint density at radius 1 is 1.44 bits per heavy atom. The molecule has 1 aromatic carbocycles. The van der Waals surface area contributed by atoms with E-state index in [0.29, 0.717) is 5.56 Å². The molecule has 18 heavy (non-hydrogen) atoms. The largest absolute Gasteiger partial charge is 0.478 e. The normalized spacial score (nSPS) is 12.0. The van der Waals surface area contributed by atoms with Crippen LogP contribution in [-0.2, 0) is 10.5 Å². The van der Waals surface area contributed by atoms with Crippen LogP contribution in [0.5, 0.6) is 0 Å². The Hall–Kier alpha value is -1.29. The van der Waals surface area contributed by atoms with Gasteiger partial charge in [0, 0.05) is 16.6 Å². The van der Waals surface area contributed by atoms with E-state index in [-0.39, 0.29) is 10.6 Å². The monoisotopic (exact) mass is 268 g/mol. The van der Waals surface area contributed by atoms with Crippen molar-refractivity contribution in [2.24, 2.45) is 0 Å². The average molecular weight is 268 g/mol. The predicted molar refractivity (Wildman–Crippen MR) is 74.1 cm³/mol. The number of carboxylic acids is 1. The number of benzene rings is 1. The summed E-state index contributed by atoms with van der Waals surface area (Å²) in [6, 6.07) is 4.46. The average Bonchev–Trinajstić information content (AvgIpc) is 2.23. The van der Waals surface area contributed by atoms with Crippen molar-refractivity contribution in [1.82, 2.24) is 0 Å². The number of halogens is 1. The molecule has 0 fully saturated rings. The van der Waals surface area contributed by atoms with Crippen molar-refractivity contribution in [1.29, 1.82) is 0 Å². The van der Waals surface area contributed by atoms with Gasteiger partial charge in [0.15, 0.2) is 0 Å². The van der Waals surface area contributed by atoms with Crippen LogP contribution in [0.2, 0.25) is 0 Å². The van der Waals surface area contributed by atoms with Crippen LogP contribution in [0, 0.1) is 5.82 Å². The number of hydrogen-bond acceptors (Lipinski definition) is 2. The number of carboxylic acid groups (broad SMARTS) is 1. The fourth-order valence-corrected chi connectivity index (χ4v) is 2.16. The Labute approximate surface area is 111 Å². The van der Waals surface area contributed by atoms with E-state index in [0.717, 1.165) is 17.4 Å². The molecule has 4 heteroatoms. The van der Waals surface area contributed by atoms with Crippen LogP contribution in [0.1, 0.15) is 31.9 Å². The Morgan fingerprint density at radius 2 is 2.11 bits per heavy atom. The van der Waals surface area contributed by atoms with E-state index < -0.39 is 5.97 Å². The fraction of sp³-hybridized carbons (Fsp3) is 0.357. The Kier molecular flexibility index (Phi) is 4.96. The van der Waals surface area contributed by atoms with Gasteiger partial charge < -0.3 is 5.11 Å². The van der Waals surface area contributed by atoms with Crippen LogP contribution in [0.15, 0.2) is 24.3 Å². The summed E-state index contributed by atoms with van der Waals surface area (Å²) in [5, 5.41) is 8.61. The van der Waals surface area contributed by atoms with Crippen LogP contribution >= 0.6 is 11.8 Å². The molecular formula is C14H17FO2S. The van der Waals surface area contributed by atoms with Crippen LogP contribution in [0.4, 0.5) is 4.39 Å². The highest BCUT2D eigenvalue weighted by Gasteiger charge is 2.12. The topological polar surface area (TPSA) is 37.3 Å². The molecule has 0 atom stereocenters. The zero-order chi connectivity index (χ0) is 13.8. The summed E-state index contributed by atoms with van der Waals surface area (Å²) < 4.78 is 13.3. The van der Waals surface area contributed by atoms with Crippen molar-refractivity contribution < 1.29 is 14.3 Å². The van der Waals surface area contributed by atoms with Gasteiger partial charge in [-0.1, -0.05) is 26.8 Å². The van der Waals surface area contributed by atoms with Crippen molar-refractivity contribution >= 4 is 23.8 Å². The lowest BCUT2D eigenvalue weighted by Gasteiger charge is -2.18. The molecule has 1 N–H and O–H groups in total. The summed E-state index contributed by atoms with van der Waals surface area (Å²) in [6.45, 7) is 6.32. The van der Waals surface area contributed by atoms with Gasteiger partial charge in [0.1, 0.15) is 5.82 Å². The fourth-order valence-electron chi connectivity index (χ4n) is 1.31. The number of hydrogen-bond donors (Lipinski definition) is 1. The second kappa shape index (κ2) is 6.05. The summed E-state index contributed by atoms with van der Waals surface area (Å²) >= 11 is 1.74. The highest BCUT2D eigenvalue weighted by Crippen LogP contribution is 2.29. The number of carbonyl (C=O) groups is 1. The van der Waals surface area contributed by atoms with E-state index in [1.165, 1.54) is 18.2 Å². The van der Waals surface area contributed by atoms with E-state index in [1.54, 1.807) is 17.8 Å². The van der Waals surface area contributed by atoms with Gasteiger partial charge in [-0.25, -0.2) is 9.18 Å². The summed E-state index contributed by atoms with van der Waals surface area (Å²) in [4.78, 5) is 10.5. The zero-order valence-corrected chi connectivity index (χ0v) is 11.6. The maximum atomic E-state index is 13.2. The van der Waals surface area contributed by atoms with Crippen LogP contribution < -0.4 is 0 Å². The first kappa shape index (κ1) is 14.8. The molecule has 0 amide bonds. The molecule has 2 nitrogen and oxygen atoms in total. The minimum Gasteiger partial charge on any atom is -0.478 e. The standard InChI is InChI=1S/C14H17FO2S/c1-14(2,3)18-9-11-4-6-12(15)8-10(11)5-7-13(16)17/h4-8H,9H2,1-3H3,(H,16,17). The Bertz CT molecular complexity index is 461. The SMILES string of the molecule is CC(C)(C)SCc1ccc(F)cc1C=CC(=O)O. The van der Waals surface area contributed by atoms with Gasteiger partial charge >= 0.3 is 5.97 Å². The predicted octanol–water partition coefficient (Wildman–Crippen LogP) is 3.96. The highest BCUT2D eigenvalue weighted by molar-refractivity contribution is 7.99. The van der Waals surface area contributed by atoms with Crippen LogP contribution in [0.3, 0.4) is 0 Å². The molecule has 0 aromatic heterocycles. The number of thioether (sulfide) groups is 1. The third-order valence-electron chi connectivity index (χ3n) is 2.17. The molecule has 0 saturated heterocycles. The van der Waals surface area contributed by atoms with Crippen molar-refractivity contribution in [3.8, 4) is 0 Å². The molecule has 0 aliphatic rings. The van der Waals surface area contributed by atoms with E-state index in [1.807, 2.05) is 0 Å². The van der Waals surface area contributed by atoms with Gasteiger partial charge in [-0.05, 0) is 29.3 Å². The van der Waals surface area contributed by atoms with E-state index in [2.05, 4.69) is 20.8 Å². The van der Waals surface area contributed by atoms with Crippen LogP contribution in [0.25, 0.3) is 6.08 Å². The smallest absolute Gasteiger partial charge is 0.328 e. The van der Waals surface area contributed by atoms with Gasteiger partial charge in [0.25, 0.3) is 0 Å². The van der Waals surface area contributed by atoms with Gasteiger partial charge in [0.05, 0.1) is 0 Å². The molecule has 0 heterocycles. The van der Waals surface area contributed by atoms with Gasteiger partial charge in [0.2, 0.25) is 0 Å². The highest BCUT2D eigenvalue weighted by atomic mass is 32.2. The number of aliphatic carboxylic acids is 1. The maximum absolute atomic E-state index is 13.2. The van der Waals surface area contributed by atoms with Crippen molar-refractivity contribution in [2.45, 2.75) is 31.3 Å². The summed E-state index contributed by atoms with van der Waals surface area (Å²) in [5.41, 5.74) is 1.56. The Morgan fingerprint density at radius 3 is 2.67 bits per heavy atom.